The number of allylic oxidation sites excluding steroid dienone is 4. The van der Waals surface area contributed by atoms with Gasteiger partial charge >= 0.3 is 39.9 Å². The van der Waals surface area contributed by atoms with Crippen molar-refractivity contribution in [2.75, 3.05) is 13.1 Å². The summed E-state index contributed by atoms with van der Waals surface area (Å²) in [6, 6.07) is 0.362. The van der Waals surface area contributed by atoms with Crippen molar-refractivity contribution in [2.24, 2.45) is 4.99 Å². The smallest absolute Gasteiger partial charge is 0.538 e. The Labute approximate surface area is 159 Å². The first-order valence-electron chi connectivity index (χ1n) is 7.33. The van der Waals surface area contributed by atoms with Gasteiger partial charge < -0.3 is 16.8 Å². The molecule has 1 aliphatic carbocycles. The van der Waals surface area contributed by atoms with Gasteiger partial charge in [0.15, 0.2) is 0 Å². The van der Waals surface area contributed by atoms with Crippen molar-refractivity contribution in [3.05, 3.63) is 31.2 Å². The third kappa shape index (κ3) is 23.4. The number of hydrogen-bond acceptors (Lipinski definition) is 1. The fourth-order valence-corrected chi connectivity index (χ4v) is 1.09. The molecule has 1 radical (unpaired) electrons. The number of rotatable bonds is 5. The Balaban J connectivity index is -0.000000266. The standard InChI is InChI=1S/C9H19N2.C5H5.C3H7.Gd/c1-5-7-11(6-2)8-10-9(3)4;1-2-4-5-3-1;1-3-2;/h9H,5-7H2,1-4H3;1-3H,4H2;1,3H2,2H3;/q3*-1;+3. The van der Waals surface area contributed by atoms with Crippen LogP contribution >= 0.6 is 0 Å². The maximum absolute atomic E-state index is 4.19. The van der Waals surface area contributed by atoms with Gasteiger partial charge in [0.25, 0.3) is 0 Å². The zero-order valence-corrected chi connectivity index (χ0v) is 16.1. The second-order valence-electron chi connectivity index (χ2n) is 4.41. The normalized spacial score (nSPS) is 11.6. The van der Waals surface area contributed by atoms with Crippen molar-refractivity contribution in [1.82, 2.24) is 4.90 Å². The van der Waals surface area contributed by atoms with E-state index < -0.39 is 0 Å². The Morgan fingerprint density at radius 2 is 1.95 bits per heavy atom. The van der Waals surface area contributed by atoms with E-state index in [1.165, 1.54) is 0 Å². The van der Waals surface area contributed by atoms with Gasteiger partial charge in [0.05, 0.1) is 0 Å². The van der Waals surface area contributed by atoms with Crippen molar-refractivity contribution in [2.45, 2.75) is 59.9 Å². The van der Waals surface area contributed by atoms with Gasteiger partial charge in [-0.3, -0.25) is 12.4 Å². The zero-order valence-electron chi connectivity index (χ0n) is 13.8. The molecule has 0 saturated carbocycles. The summed E-state index contributed by atoms with van der Waals surface area (Å²) >= 11 is 0. The first-order chi connectivity index (χ1) is 9.12. The van der Waals surface area contributed by atoms with Crippen LogP contribution in [0.4, 0.5) is 0 Å². The summed E-state index contributed by atoms with van der Waals surface area (Å²) in [4.78, 5) is 6.30. The Bertz CT molecular complexity index is 235. The molecule has 0 aromatic carbocycles. The monoisotopic (exact) mass is 421 g/mol. The fourth-order valence-electron chi connectivity index (χ4n) is 1.09. The molecule has 117 valence electrons. The quantitative estimate of drug-likeness (QED) is 0.275. The molecule has 2 nitrogen and oxygen atoms in total. The molecule has 1 rings (SSSR count). The molecule has 0 aliphatic heterocycles. The van der Waals surface area contributed by atoms with Crippen molar-refractivity contribution < 1.29 is 39.9 Å². The summed E-state index contributed by atoms with van der Waals surface area (Å²) in [5, 5.41) is 0. The van der Waals surface area contributed by atoms with Crippen molar-refractivity contribution >= 4 is 6.34 Å². The molecule has 0 fully saturated rings. The van der Waals surface area contributed by atoms with Gasteiger partial charge in [-0.15, -0.1) is 6.42 Å². The Hall–Kier alpha value is 0.275. The summed E-state index contributed by atoms with van der Waals surface area (Å²) in [6.45, 7) is 16.0. The van der Waals surface area contributed by atoms with Gasteiger partial charge in [-0.05, 0) is 33.4 Å². The molecule has 0 aromatic heterocycles. The van der Waals surface area contributed by atoms with Crippen LogP contribution in [0.2, 0.25) is 0 Å². The van der Waals surface area contributed by atoms with Crippen molar-refractivity contribution in [3.63, 3.8) is 0 Å². The van der Waals surface area contributed by atoms with E-state index in [-0.39, 0.29) is 39.9 Å². The number of aliphatic imine (C=N–C) groups is 1. The molecule has 0 aromatic rings. The maximum Gasteiger partial charge on any atom is 3.00 e. The first-order valence-corrected chi connectivity index (χ1v) is 7.33. The molecule has 20 heavy (non-hydrogen) atoms. The Morgan fingerprint density at radius 3 is 2.20 bits per heavy atom. The molecule has 0 amide bonds. The van der Waals surface area contributed by atoms with Crippen LogP contribution in [0.5, 0.6) is 0 Å². The van der Waals surface area contributed by atoms with Crippen LogP contribution in [0, 0.1) is 52.9 Å². The van der Waals surface area contributed by atoms with Crippen LogP contribution in [-0.4, -0.2) is 30.4 Å². The van der Waals surface area contributed by atoms with Gasteiger partial charge in [0.1, 0.15) is 0 Å². The molecular weight excluding hydrogens is 389 g/mol. The van der Waals surface area contributed by atoms with Crippen LogP contribution < -0.4 is 0 Å². The third-order valence-electron chi connectivity index (χ3n) is 1.92. The Morgan fingerprint density at radius 1 is 1.35 bits per heavy atom. The Kier molecular flexibility index (Phi) is 27.2. The molecule has 0 saturated heterocycles. The van der Waals surface area contributed by atoms with Crippen LogP contribution in [-0.2, 0) is 0 Å². The topological polar surface area (TPSA) is 15.6 Å². The van der Waals surface area contributed by atoms with Gasteiger partial charge in [-0.25, -0.2) is 12.2 Å². The second kappa shape index (κ2) is 21.6. The van der Waals surface area contributed by atoms with E-state index in [4.69, 9.17) is 0 Å². The maximum atomic E-state index is 4.19. The van der Waals surface area contributed by atoms with E-state index in [0.29, 0.717) is 6.04 Å². The summed E-state index contributed by atoms with van der Waals surface area (Å²) in [5.74, 6) is 0. The van der Waals surface area contributed by atoms with Crippen LogP contribution in [0.25, 0.3) is 0 Å². The van der Waals surface area contributed by atoms with E-state index in [1.807, 2.05) is 19.1 Å². The predicted molar refractivity (Wildman–Crippen MR) is 87.3 cm³/mol. The van der Waals surface area contributed by atoms with E-state index in [1.54, 1.807) is 0 Å². The molecule has 0 bridgehead atoms. The summed E-state index contributed by atoms with van der Waals surface area (Å²) in [5.41, 5.74) is 0. The number of nitrogens with zero attached hydrogens (tertiary/aromatic N) is 2. The van der Waals surface area contributed by atoms with E-state index >= 15 is 0 Å². The average Bonchev–Trinajstić information content (AvgIpc) is 2.94. The third-order valence-corrected chi connectivity index (χ3v) is 1.92. The van der Waals surface area contributed by atoms with Gasteiger partial charge in [-0.1, -0.05) is 20.8 Å². The van der Waals surface area contributed by atoms with Crippen molar-refractivity contribution in [1.29, 1.82) is 0 Å². The summed E-state index contributed by atoms with van der Waals surface area (Å²) in [7, 11) is 0. The molecule has 0 spiro atoms. The van der Waals surface area contributed by atoms with Crippen LogP contribution in [0.15, 0.2) is 23.2 Å². The van der Waals surface area contributed by atoms with E-state index in [2.05, 4.69) is 63.0 Å². The summed E-state index contributed by atoms with van der Waals surface area (Å²) in [6.07, 6.45) is 15.2. The predicted octanol–water partition coefficient (Wildman–Crippen LogP) is 4.57. The minimum absolute atomic E-state index is 0. The van der Waals surface area contributed by atoms with Crippen LogP contribution in [0.1, 0.15) is 53.9 Å². The molecule has 0 atom stereocenters. The molecule has 0 heterocycles. The number of hydrogen-bond donors (Lipinski definition) is 0. The van der Waals surface area contributed by atoms with Gasteiger partial charge in [-0.2, -0.15) is 12.5 Å². The SMILES string of the molecule is CCCN([C-]=NC(C)C)CC.[C-]1=CC=CC1.[CH2-]CC.[Gd+3]. The molecule has 3 heteroatoms. The van der Waals surface area contributed by atoms with Gasteiger partial charge in [0.2, 0.25) is 0 Å². The second-order valence-corrected chi connectivity index (χ2v) is 4.41. The molecule has 0 N–H and O–H groups in total. The first kappa shape index (κ1) is 25.2. The van der Waals surface area contributed by atoms with E-state index in [9.17, 15) is 0 Å². The molecule has 0 unspecified atom stereocenters. The van der Waals surface area contributed by atoms with Gasteiger partial charge in [0, 0.05) is 6.04 Å². The fraction of sp³-hybridized carbons (Fsp3) is 0.647. The van der Waals surface area contributed by atoms with Crippen LogP contribution in [0.3, 0.4) is 0 Å². The molecule has 1 aliphatic rings. The average molecular weight is 421 g/mol. The minimum atomic E-state index is 0. The minimum Gasteiger partial charge on any atom is -0.538 e. The summed E-state index contributed by atoms with van der Waals surface area (Å²) < 4.78 is 0. The largest absolute Gasteiger partial charge is 3.00 e. The molecular formula is C17H31GdN2. The van der Waals surface area contributed by atoms with Crippen molar-refractivity contribution in [3.8, 4) is 0 Å². The zero-order chi connectivity index (χ0) is 14.9. The van der Waals surface area contributed by atoms with E-state index in [0.717, 1.165) is 32.4 Å².